The van der Waals surface area contributed by atoms with E-state index in [0.29, 0.717) is 6.04 Å². The summed E-state index contributed by atoms with van der Waals surface area (Å²) in [5.41, 5.74) is 3.51. The topological polar surface area (TPSA) is 65.1 Å². The molecule has 1 saturated heterocycles. The van der Waals surface area contributed by atoms with E-state index in [1.807, 2.05) is 32.0 Å². The predicted octanol–water partition coefficient (Wildman–Crippen LogP) is 4.25. The summed E-state index contributed by atoms with van der Waals surface area (Å²) in [5.74, 6) is 1.81. The van der Waals surface area contributed by atoms with Gasteiger partial charge in [0.25, 0.3) is 10.1 Å². The Labute approximate surface area is 213 Å². The lowest BCUT2D eigenvalue weighted by atomic mass is 9.38. The lowest BCUT2D eigenvalue weighted by Gasteiger charge is -2.69. The molecule has 2 fully saturated rings. The van der Waals surface area contributed by atoms with Crippen LogP contribution in [-0.4, -0.2) is 52.3 Å². The molecule has 2 aromatic rings. The molecule has 8 rings (SSSR count). The maximum Gasteiger partial charge on any atom is 0.297 e. The molecule has 4 bridgehead atoms. The van der Waals surface area contributed by atoms with E-state index in [9.17, 15) is 8.42 Å². The Bertz CT molecular complexity index is 1390. The Morgan fingerprint density at radius 2 is 1.94 bits per heavy atom. The van der Waals surface area contributed by atoms with Crippen LogP contribution in [0.25, 0.3) is 0 Å². The first-order valence-corrected chi connectivity index (χ1v) is 14.4. The second-order valence-corrected chi connectivity index (χ2v) is 13.1. The SMILES string of the molecule is COc1ccc2c3c1O[C@H]1[C@H]4C=C[C@@]5(CC4[C@@H](C)OS(=O)(=O)c4ccc(C)cc4)[C@@H](C2)N(C)CC[C@]315. The number of likely N-dealkylation sites (N-methyl/N-ethyl adjacent to an activating group) is 1. The van der Waals surface area contributed by atoms with Gasteiger partial charge in [-0.1, -0.05) is 35.9 Å². The predicted molar refractivity (Wildman–Crippen MR) is 136 cm³/mol. The largest absolute Gasteiger partial charge is 0.493 e. The van der Waals surface area contributed by atoms with Crippen LogP contribution >= 0.6 is 0 Å². The van der Waals surface area contributed by atoms with Gasteiger partial charge >= 0.3 is 0 Å². The number of fused-ring (bicyclic) bond motifs is 1. The normalized spacial score (nSPS) is 36.3. The zero-order valence-corrected chi connectivity index (χ0v) is 22.0. The number of hydrogen-bond acceptors (Lipinski definition) is 6. The number of ether oxygens (including phenoxy) is 2. The highest BCUT2D eigenvalue weighted by molar-refractivity contribution is 7.86. The highest BCUT2D eigenvalue weighted by Gasteiger charge is 2.75. The van der Waals surface area contributed by atoms with Crippen LogP contribution in [0.3, 0.4) is 0 Å². The van der Waals surface area contributed by atoms with Gasteiger partial charge < -0.3 is 14.4 Å². The molecule has 0 N–H and O–H groups in total. The van der Waals surface area contributed by atoms with E-state index >= 15 is 0 Å². The smallest absolute Gasteiger partial charge is 0.297 e. The first-order chi connectivity index (χ1) is 17.2. The number of methoxy groups -OCH3 is 1. The summed E-state index contributed by atoms with van der Waals surface area (Å²) in [6, 6.07) is 11.5. The van der Waals surface area contributed by atoms with Crippen molar-refractivity contribution in [2.45, 2.75) is 61.7 Å². The van der Waals surface area contributed by atoms with Gasteiger partial charge in [0.15, 0.2) is 11.5 Å². The van der Waals surface area contributed by atoms with E-state index in [1.165, 1.54) is 11.1 Å². The molecule has 2 aliphatic heterocycles. The van der Waals surface area contributed by atoms with E-state index < -0.39 is 16.2 Å². The first kappa shape index (κ1) is 22.8. The molecule has 2 spiro atoms. The van der Waals surface area contributed by atoms with Crippen LogP contribution in [0, 0.1) is 24.2 Å². The van der Waals surface area contributed by atoms with Crippen molar-refractivity contribution in [3.05, 3.63) is 65.2 Å². The monoisotopic (exact) mass is 507 g/mol. The number of likely N-dealkylation sites (tertiary alicyclic amines) is 1. The molecule has 7 heteroatoms. The summed E-state index contributed by atoms with van der Waals surface area (Å²) in [6.45, 7) is 4.89. The molecular weight excluding hydrogens is 474 g/mol. The van der Waals surface area contributed by atoms with Crippen molar-refractivity contribution in [2.75, 3.05) is 20.7 Å². The maximum atomic E-state index is 13.2. The first-order valence-electron chi connectivity index (χ1n) is 13.0. The third-order valence-electron chi connectivity index (χ3n) is 10.1. The van der Waals surface area contributed by atoms with Gasteiger partial charge in [0.1, 0.15) is 6.10 Å². The van der Waals surface area contributed by atoms with Crippen molar-refractivity contribution in [3.63, 3.8) is 0 Å². The molecule has 6 nitrogen and oxygen atoms in total. The molecule has 0 aromatic heterocycles. The number of rotatable bonds is 5. The van der Waals surface area contributed by atoms with Crippen LogP contribution in [0.2, 0.25) is 0 Å². The van der Waals surface area contributed by atoms with E-state index in [2.05, 4.69) is 30.2 Å². The van der Waals surface area contributed by atoms with Crippen molar-refractivity contribution in [3.8, 4) is 11.5 Å². The van der Waals surface area contributed by atoms with E-state index in [4.69, 9.17) is 13.7 Å². The van der Waals surface area contributed by atoms with Crippen LogP contribution in [-0.2, 0) is 26.1 Å². The Balaban J connectivity index is 1.31. The summed E-state index contributed by atoms with van der Waals surface area (Å²) >= 11 is 0. The molecule has 2 aromatic carbocycles. The van der Waals surface area contributed by atoms with Crippen LogP contribution in [0.1, 0.15) is 36.5 Å². The van der Waals surface area contributed by atoms with Crippen LogP contribution in [0.15, 0.2) is 53.4 Å². The van der Waals surface area contributed by atoms with Crippen molar-refractivity contribution >= 4 is 10.1 Å². The van der Waals surface area contributed by atoms with E-state index in [-0.39, 0.29) is 33.7 Å². The molecule has 6 aliphatic rings. The Hall–Kier alpha value is -2.35. The average molecular weight is 508 g/mol. The molecule has 0 radical (unpaired) electrons. The van der Waals surface area contributed by atoms with Gasteiger partial charge in [-0.05, 0) is 76.4 Å². The Morgan fingerprint density at radius 1 is 1.17 bits per heavy atom. The van der Waals surface area contributed by atoms with Crippen molar-refractivity contribution in [1.29, 1.82) is 0 Å². The second-order valence-electron chi connectivity index (χ2n) is 11.5. The average Bonchev–Trinajstić information content (AvgIpc) is 3.22. The fourth-order valence-electron chi connectivity index (χ4n) is 8.49. The van der Waals surface area contributed by atoms with Crippen molar-refractivity contribution in [2.24, 2.45) is 17.3 Å². The molecule has 7 atom stereocenters. The second kappa shape index (κ2) is 7.36. The fourth-order valence-corrected chi connectivity index (χ4v) is 9.62. The molecule has 1 unspecified atom stereocenters. The summed E-state index contributed by atoms with van der Waals surface area (Å²) in [6.07, 6.45) is 7.14. The third kappa shape index (κ3) is 2.66. The minimum atomic E-state index is -3.87. The highest BCUT2D eigenvalue weighted by Crippen LogP contribution is 2.73. The minimum Gasteiger partial charge on any atom is -0.493 e. The van der Waals surface area contributed by atoms with Gasteiger partial charge in [-0.3, -0.25) is 4.18 Å². The van der Waals surface area contributed by atoms with Gasteiger partial charge in [0.05, 0.1) is 18.1 Å². The summed E-state index contributed by atoms with van der Waals surface area (Å²) in [4.78, 5) is 2.72. The van der Waals surface area contributed by atoms with Crippen LogP contribution in [0.4, 0.5) is 0 Å². The van der Waals surface area contributed by atoms with E-state index in [1.54, 1.807) is 19.2 Å². The van der Waals surface area contributed by atoms with E-state index in [0.717, 1.165) is 42.9 Å². The van der Waals surface area contributed by atoms with Gasteiger partial charge in [-0.2, -0.15) is 8.42 Å². The number of benzene rings is 2. The molecule has 0 amide bonds. The number of nitrogens with zero attached hydrogens (tertiary/aromatic N) is 1. The molecule has 190 valence electrons. The van der Waals surface area contributed by atoms with Crippen molar-refractivity contribution in [1.82, 2.24) is 4.90 Å². The molecular formula is C29H33NO5S. The van der Waals surface area contributed by atoms with Crippen LogP contribution in [0.5, 0.6) is 11.5 Å². The third-order valence-corrected chi connectivity index (χ3v) is 11.5. The number of piperidine rings is 1. The van der Waals surface area contributed by atoms with Gasteiger partial charge in [-0.25, -0.2) is 0 Å². The molecule has 4 aliphatic carbocycles. The van der Waals surface area contributed by atoms with Gasteiger partial charge in [-0.15, -0.1) is 0 Å². The zero-order valence-electron chi connectivity index (χ0n) is 21.2. The van der Waals surface area contributed by atoms with Crippen LogP contribution < -0.4 is 9.47 Å². The standard InChI is InChI=1S/C29H33NO5S/c1-17-5-8-20(9-6-17)36(31,32)35-18(2)22-16-28-12-11-21(22)27-29(28)13-14-30(3)24(28)15-19-7-10-23(33-4)26(34-27)25(19)29/h5-12,18,21-22,24,27H,13-16H2,1-4H3/t18-,21+,22?,24-,27+,28-,29+/m1/s1. The number of aryl methyl sites for hydroxylation is 1. The lowest BCUT2D eigenvalue weighted by molar-refractivity contribution is -0.147. The van der Waals surface area contributed by atoms with Gasteiger partial charge in [0.2, 0.25) is 0 Å². The summed E-state index contributed by atoms with van der Waals surface area (Å²) < 4.78 is 45.0. The maximum absolute atomic E-state index is 13.2. The Kier molecular flexibility index (Phi) is 4.67. The lowest BCUT2D eigenvalue weighted by Crippen LogP contribution is -2.74. The highest BCUT2D eigenvalue weighted by atomic mass is 32.2. The van der Waals surface area contributed by atoms with Gasteiger partial charge in [0, 0.05) is 28.4 Å². The minimum absolute atomic E-state index is 0.0317. The molecule has 36 heavy (non-hydrogen) atoms. The number of hydrogen-bond donors (Lipinski definition) is 0. The fraction of sp³-hybridized carbons (Fsp3) is 0.517. The Morgan fingerprint density at radius 3 is 2.69 bits per heavy atom. The molecule has 1 saturated carbocycles. The quantitative estimate of drug-likeness (QED) is 0.445. The zero-order chi connectivity index (χ0) is 25.0. The summed E-state index contributed by atoms with van der Waals surface area (Å²) in [5, 5.41) is 0. The van der Waals surface area contributed by atoms with Crippen molar-refractivity contribution < 1.29 is 22.1 Å². The molecule has 2 heterocycles. The summed E-state index contributed by atoms with van der Waals surface area (Å²) in [7, 11) is 0.0713.